The molecule has 0 N–H and O–H groups in total. The molecule has 1 fully saturated rings. The Kier molecular flexibility index (Phi) is 7.39. The first kappa shape index (κ1) is 18.7. The van der Waals surface area contributed by atoms with Crippen LogP contribution in [0.2, 0.25) is 0 Å². The van der Waals surface area contributed by atoms with Crippen LogP contribution in [0.25, 0.3) is 0 Å². The lowest BCUT2D eigenvalue weighted by Gasteiger charge is -2.39. The summed E-state index contributed by atoms with van der Waals surface area (Å²) in [6.45, 7) is 15.9. The standard InChI is InChI=1S/C19H37NO/c1-7-9-12-20(15(3)8-2)14-16-13-17(19(4,5)6)10-11-18(16)21/h15-17H,7-14H2,1-6H3. The van der Waals surface area contributed by atoms with Crippen molar-refractivity contribution < 1.29 is 4.79 Å². The molecule has 21 heavy (non-hydrogen) atoms. The van der Waals surface area contributed by atoms with Crippen molar-refractivity contribution in [2.24, 2.45) is 17.3 Å². The molecule has 124 valence electrons. The van der Waals surface area contributed by atoms with Crippen LogP contribution in [0.15, 0.2) is 0 Å². The normalized spacial score (nSPS) is 25.4. The van der Waals surface area contributed by atoms with E-state index < -0.39 is 0 Å². The highest BCUT2D eigenvalue weighted by Crippen LogP contribution is 2.39. The third-order valence-electron chi connectivity index (χ3n) is 5.46. The van der Waals surface area contributed by atoms with Gasteiger partial charge in [-0.05, 0) is 50.5 Å². The second-order valence-electron chi connectivity index (χ2n) is 8.11. The maximum absolute atomic E-state index is 12.4. The number of unbranched alkanes of at least 4 members (excludes halogenated alkanes) is 1. The molecule has 1 saturated carbocycles. The Labute approximate surface area is 132 Å². The van der Waals surface area contributed by atoms with E-state index in [2.05, 4.69) is 46.4 Å². The van der Waals surface area contributed by atoms with E-state index in [-0.39, 0.29) is 5.92 Å². The summed E-state index contributed by atoms with van der Waals surface area (Å²) in [4.78, 5) is 14.9. The molecular formula is C19H37NO. The molecule has 2 heteroatoms. The van der Waals surface area contributed by atoms with Gasteiger partial charge in [0.15, 0.2) is 0 Å². The van der Waals surface area contributed by atoms with Crippen LogP contribution < -0.4 is 0 Å². The zero-order valence-electron chi connectivity index (χ0n) is 15.2. The highest BCUT2D eigenvalue weighted by Gasteiger charge is 2.35. The van der Waals surface area contributed by atoms with Gasteiger partial charge in [0.2, 0.25) is 0 Å². The predicted molar refractivity (Wildman–Crippen MR) is 91.5 cm³/mol. The van der Waals surface area contributed by atoms with Crippen molar-refractivity contribution in [3.63, 3.8) is 0 Å². The minimum absolute atomic E-state index is 0.272. The third kappa shape index (κ3) is 5.73. The first-order valence-corrected chi connectivity index (χ1v) is 9.06. The van der Waals surface area contributed by atoms with E-state index in [4.69, 9.17) is 0 Å². The fraction of sp³-hybridized carbons (Fsp3) is 0.947. The lowest BCUT2D eigenvalue weighted by molar-refractivity contribution is -0.127. The summed E-state index contributed by atoms with van der Waals surface area (Å²) < 4.78 is 0. The van der Waals surface area contributed by atoms with Gasteiger partial charge < -0.3 is 0 Å². The Morgan fingerprint density at radius 1 is 1.29 bits per heavy atom. The van der Waals surface area contributed by atoms with E-state index in [1.807, 2.05) is 0 Å². The van der Waals surface area contributed by atoms with Crippen molar-refractivity contribution >= 4 is 5.78 Å². The number of hydrogen-bond donors (Lipinski definition) is 0. The Balaban J connectivity index is 2.68. The summed E-state index contributed by atoms with van der Waals surface area (Å²) in [7, 11) is 0. The number of Topliss-reactive ketones (excluding diaryl/α,β-unsaturated/α-hetero) is 1. The molecular weight excluding hydrogens is 258 g/mol. The van der Waals surface area contributed by atoms with Gasteiger partial charge in [0.25, 0.3) is 0 Å². The van der Waals surface area contributed by atoms with Crippen molar-refractivity contribution in [3.8, 4) is 0 Å². The SMILES string of the molecule is CCCCN(CC1CC(C(C)(C)C)CCC1=O)C(C)CC. The number of ketones is 1. The zero-order chi connectivity index (χ0) is 16.0. The average Bonchev–Trinajstić information content (AvgIpc) is 2.43. The summed E-state index contributed by atoms with van der Waals surface area (Å²) in [6, 6.07) is 0.597. The van der Waals surface area contributed by atoms with Crippen LogP contribution in [0.1, 0.15) is 80.1 Å². The number of carbonyl (C=O) groups is 1. The molecule has 0 aliphatic heterocycles. The molecule has 0 radical (unpaired) electrons. The van der Waals surface area contributed by atoms with Crippen LogP contribution in [0.3, 0.4) is 0 Å². The molecule has 0 aromatic carbocycles. The van der Waals surface area contributed by atoms with E-state index in [0.29, 0.717) is 23.2 Å². The quantitative estimate of drug-likeness (QED) is 0.664. The van der Waals surface area contributed by atoms with Gasteiger partial charge in [-0.15, -0.1) is 0 Å². The molecule has 0 aromatic heterocycles. The fourth-order valence-electron chi connectivity index (χ4n) is 3.47. The van der Waals surface area contributed by atoms with E-state index in [0.717, 1.165) is 32.4 Å². The lowest BCUT2D eigenvalue weighted by Crippen LogP contribution is -2.42. The smallest absolute Gasteiger partial charge is 0.137 e. The van der Waals surface area contributed by atoms with Crippen molar-refractivity contribution in [3.05, 3.63) is 0 Å². The molecule has 0 saturated heterocycles. The lowest BCUT2D eigenvalue weighted by atomic mass is 9.68. The van der Waals surface area contributed by atoms with E-state index >= 15 is 0 Å². The molecule has 0 spiro atoms. The van der Waals surface area contributed by atoms with Crippen LogP contribution >= 0.6 is 0 Å². The highest BCUT2D eigenvalue weighted by molar-refractivity contribution is 5.82. The summed E-state index contributed by atoms with van der Waals surface area (Å²) in [6.07, 6.45) is 6.64. The molecule has 1 rings (SSSR count). The molecule has 0 bridgehead atoms. The molecule has 3 atom stereocenters. The van der Waals surface area contributed by atoms with Crippen molar-refractivity contribution in [1.82, 2.24) is 4.90 Å². The van der Waals surface area contributed by atoms with Gasteiger partial charge in [-0.2, -0.15) is 0 Å². The average molecular weight is 296 g/mol. The summed E-state index contributed by atoms with van der Waals surface area (Å²) >= 11 is 0. The van der Waals surface area contributed by atoms with Gasteiger partial charge in [0.05, 0.1) is 0 Å². The summed E-state index contributed by atoms with van der Waals surface area (Å²) in [5.41, 5.74) is 0.337. The zero-order valence-corrected chi connectivity index (χ0v) is 15.2. The van der Waals surface area contributed by atoms with Crippen molar-refractivity contribution in [2.75, 3.05) is 13.1 Å². The van der Waals surface area contributed by atoms with E-state index in [1.165, 1.54) is 19.3 Å². The summed E-state index contributed by atoms with van der Waals surface area (Å²) in [5, 5.41) is 0. The largest absolute Gasteiger partial charge is 0.300 e. The minimum atomic E-state index is 0.272. The van der Waals surface area contributed by atoms with Crippen LogP contribution in [-0.2, 0) is 4.79 Å². The first-order chi connectivity index (χ1) is 9.79. The Morgan fingerprint density at radius 2 is 1.95 bits per heavy atom. The molecule has 0 amide bonds. The predicted octanol–water partition coefficient (Wildman–Crippen LogP) is 4.92. The second kappa shape index (κ2) is 8.31. The topological polar surface area (TPSA) is 20.3 Å². The second-order valence-corrected chi connectivity index (χ2v) is 8.11. The van der Waals surface area contributed by atoms with Crippen LogP contribution in [0.5, 0.6) is 0 Å². The van der Waals surface area contributed by atoms with Crippen molar-refractivity contribution in [1.29, 1.82) is 0 Å². The molecule has 3 unspecified atom stereocenters. The van der Waals surface area contributed by atoms with Crippen molar-refractivity contribution in [2.45, 2.75) is 86.1 Å². The van der Waals surface area contributed by atoms with E-state index in [9.17, 15) is 4.79 Å². The van der Waals surface area contributed by atoms with E-state index in [1.54, 1.807) is 0 Å². The fourth-order valence-corrected chi connectivity index (χ4v) is 3.47. The Hall–Kier alpha value is -0.370. The third-order valence-corrected chi connectivity index (χ3v) is 5.46. The molecule has 0 aromatic rings. The highest BCUT2D eigenvalue weighted by atomic mass is 16.1. The Bertz CT molecular complexity index is 318. The minimum Gasteiger partial charge on any atom is -0.300 e. The van der Waals surface area contributed by atoms with Crippen LogP contribution in [0, 0.1) is 17.3 Å². The van der Waals surface area contributed by atoms with Gasteiger partial charge >= 0.3 is 0 Å². The number of carbonyl (C=O) groups excluding carboxylic acids is 1. The number of nitrogens with zero attached hydrogens (tertiary/aromatic N) is 1. The maximum Gasteiger partial charge on any atom is 0.137 e. The number of rotatable bonds is 7. The van der Waals surface area contributed by atoms with Gasteiger partial charge in [-0.3, -0.25) is 9.69 Å². The van der Waals surface area contributed by atoms with Gasteiger partial charge in [0, 0.05) is 24.9 Å². The van der Waals surface area contributed by atoms with Gasteiger partial charge in [0.1, 0.15) is 5.78 Å². The van der Waals surface area contributed by atoms with Crippen LogP contribution in [0.4, 0.5) is 0 Å². The summed E-state index contributed by atoms with van der Waals surface area (Å²) in [5.74, 6) is 1.49. The monoisotopic (exact) mass is 295 g/mol. The molecule has 1 aliphatic carbocycles. The Morgan fingerprint density at radius 3 is 2.48 bits per heavy atom. The molecule has 2 nitrogen and oxygen atoms in total. The first-order valence-electron chi connectivity index (χ1n) is 9.06. The molecule has 1 aliphatic rings. The van der Waals surface area contributed by atoms with Gasteiger partial charge in [-0.1, -0.05) is 41.0 Å². The maximum atomic E-state index is 12.4. The van der Waals surface area contributed by atoms with Gasteiger partial charge in [-0.25, -0.2) is 0 Å². The number of hydrogen-bond acceptors (Lipinski definition) is 2. The molecule has 0 heterocycles. The van der Waals surface area contributed by atoms with Crippen LogP contribution in [-0.4, -0.2) is 29.8 Å².